The summed E-state index contributed by atoms with van der Waals surface area (Å²) in [7, 11) is 1.71. The molecule has 78 valence electrons. The number of rotatable bonds is 3. The van der Waals surface area contributed by atoms with E-state index in [0.29, 0.717) is 6.54 Å². The second-order valence-corrected chi connectivity index (χ2v) is 2.76. The maximum Gasteiger partial charge on any atom is 0.202 e. The minimum Gasteiger partial charge on any atom is -0.369 e. The maximum atomic E-state index is 7.11. The van der Waals surface area contributed by atoms with Crippen LogP contribution in [0.1, 0.15) is 5.56 Å². The smallest absolute Gasteiger partial charge is 0.202 e. The molecule has 0 bridgehead atoms. The van der Waals surface area contributed by atoms with Gasteiger partial charge in [-0.15, -0.1) is 12.4 Å². The van der Waals surface area contributed by atoms with Gasteiger partial charge in [-0.3, -0.25) is 10.4 Å². The Hall–Kier alpha value is -1.26. The molecule has 0 atom stereocenters. The topological polar surface area (TPSA) is 65.1 Å². The highest BCUT2D eigenvalue weighted by molar-refractivity contribution is 5.85. The average Bonchev–Trinajstić information content (AvgIpc) is 2.15. The molecule has 0 fully saturated rings. The number of hydrazine groups is 1. The van der Waals surface area contributed by atoms with E-state index in [1.54, 1.807) is 7.05 Å². The van der Waals surface area contributed by atoms with Gasteiger partial charge in [-0.05, 0) is 5.56 Å². The normalized spacial score (nSPS) is 8.93. The Morgan fingerprint density at radius 2 is 2.00 bits per heavy atom. The van der Waals surface area contributed by atoms with Gasteiger partial charge < -0.3 is 5.73 Å². The SMILES string of the molecule is CN(NCc1ccccc1)C(=N)N.Cl. The third-order valence-electron chi connectivity index (χ3n) is 1.72. The van der Waals surface area contributed by atoms with Gasteiger partial charge >= 0.3 is 0 Å². The van der Waals surface area contributed by atoms with Crippen molar-refractivity contribution in [1.82, 2.24) is 10.4 Å². The van der Waals surface area contributed by atoms with E-state index in [0.717, 1.165) is 5.56 Å². The molecule has 14 heavy (non-hydrogen) atoms. The van der Waals surface area contributed by atoms with E-state index in [1.807, 2.05) is 30.3 Å². The van der Waals surface area contributed by atoms with Crippen LogP contribution < -0.4 is 11.2 Å². The minimum absolute atomic E-state index is 0. The molecule has 4 N–H and O–H groups in total. The molecule has 0 spiro atoms. The molecule has 0 amide bonds. The summed E-state index contributed by atoms with van der Waals surface area (Å²) >= 11 is 0. The Labute approximate surface area is 90.0 Å². The van der Waals surface area contributed by atoms with Gasteiger partial charge in [0.1, 0.15) is 0 Å². The van der Waals surface area contributed by atoms with Crippen LogP contribution in [0.25, 0.3) is 0 Å². The molecule has 0 aromatic heterocycles. The van der Waals surface area contributed by atoms with Gasteiger partial charge in [0.2, 0.25) is 5.96 Å². The molecule has 5 heteroatoms. The van der Waals surface area contributed by atoms with Crippen LogP contribution in [0.4, 0.5) is 0 Å². The fourth-order valence-electron chi connectivity index (χ4n) is 0.891. The van der Waals surface area contributed by atoms with Crippen LogP contribution in [-0.2, 0) is 6.54 Å². The third-order valence-corrected chi connectivity index (χ3v) is 1.72. The Bertz CT molecular complexity index is 275. The van der Waals surface area contributed by atoms with Crippen LogP contribution in [0, 0.1) is 5.41 Å². The summed E-state index contributed by atoms with van der Waals surface area (Å²) in [5.41, 5.74) is 9.39. The number of nitrogens with two attached hydrogens (primary N) is 1. The van der Waals surface area contributed by atoms with E-state index in [9.17, 15) is 0 Å². The number of guanidine groups is 1. The molecule has 1 rings (SSSR count). The van der Waals surface area contributed by atoms with Crippen LogP contribution in [0.3, 0.4) is 0 Å². The third kappa shape index (κ3) is 4.11. The molecule has 1 aromatic rings. The van der Waals surface area contributed by atoms with E-state index in [-0.39, 0.29) is 18.4 Å². The first-order valence-electron chi connectivity index (χ1n) is 4.05. The summed E-state index contributed by atoms with van der Waals surface area (Å²) in [6.45, 7) is 0.678. The molecule has 0 saturated carbocycles. The van der Waals surface area contributed by atoms with E-state index in [2.05, 4.69) is 5.43 Å². The van der Waals surface area contributed by atoms with Crippen molar-refractivity contribution >= 4 is 18.4 Å². The number of halogens is 1. The van der Waals surface area contributed by atoms with E-state index >= 15 is 0 Å². The highest BCUT2D eigenvalue weighted by Crippen LogP contribution is 1.96. The maximum absolute atomic E-state index is 7.11. The zero-order chi connectivity index (χ0) is 9.68. The molecule has 0 aliphatic heterocycles. The van der Waals surface area contributed by atoms with Gasteiger partial charge in [-0.1, -0.05) is 30.3 Å². The molecule has 0 saturated heterocycles. The van der Waals surface area contributed by atoms with Crippen LogP contribution in [0.15, 0.2) is 30.3 Å². The van der Waals surface area contributed by atoms with Gasteiger partial charge in [0, 0.05) is 13.6 Å². The first-order valence-corrected chi connectivity index (χ1v) is 4.05. The Kier molecular flexibility index (Phi) is 5.67. The zero-order valence-electron chi connectivity index (χ0n) is 8.03. The average molecular weight is 215 g/mol. The second-order valence-electron chi connectivity index (χ2n) is 2.76. The lowest BCUT2D eigenvalue weighted by Crippen LogP contribution is -2.42. The lowest BCUT2D eigenvalue weighted by Gasteiger charge is -2.17. The van der Waals surface area contributed by atoms with Crippen LogP contribution in [0.5, 0.6) is 0 Å². The zero-order valence-corrected chi connectivity index (χ0v) is 8.84. The van der Waals surface area contributed by atoms with Crippen LogP contribution >= 0.6 is 12.4 Å². The van der Waals surface area contributed by atoms with Gasteiger partial charge in [-0.25, -0.2) is 5.43 Å². The fourth-order valence-corrected chi connectivity index (χ4v) is 0.891. The minimum atomic E-state index is 0. The van der Waals surface area contributed by atoms with Crippen molar-refractivity contribution < 1.29 is 0 Å². The van der Waals surface area contributed by atoms with Crippen molar-refractivity contribution in [3.63, 3.8) is 0 Å². The van der Waals surface area contributed by atoms with Crippen LogP contribution in [0.2, 0.25) is 0 Å². The monoisotopic (exact) mass is 214 g/mol. The summed E-state index contributed by atoms with van der Waals surface area (Å²) in [6.07, 6.45) is 0. The molecule has 0 aliphatic rings. The molecular weight excluding hydrogens is 200 g/mol. The second kappa shape index (κ2) is 6.23. The largest absolute Gasteiger partial charge is 0.369 e. The van der Waals surface area contributed by atoms with Crippen molar-refractivity contribution in [3.05, 3.63) is 35.9 Å². The molecule has 0 aliphatic carbocycles. The lowest BCUT2D eigenvalue weighted by molar-refractivity contribution is 0.356. The van der Waals surface area contributed by atoms with Crippen molar-refractivity contribution in [2.45, 2.75) is 6.54 Å². The van der Waals surface area contributed by atoms with Crippen molar-refractivity contribution in [1.29, 1.82) is 5.41 Å². The molecule has 1 aromatic carbocycles. The van der Waals surface area contributed by atoms with Crippen molar-refractivity contribution in [2.75, 3.05) is 7.05 Å². The highest BCUT2D eigenvalue weighted by atomic mass is 35.5. The van der Waals surface area contributed by atoms with Crippen LogP contribution in [-0.4, -0.2) is 18.0 Å². The summed E-state index contributed by atoms with van der Waals surface area (Å²) in [4.78, 5) is 0. The quantitative estimate of drug-likeness (QED) is 0.399. The predicted octanol–water partition coefficient (Wildman–Crippen LogP) is 0.938. The lowest BCUT2D eigenvalue weighted by atomic mass is 10.2. The van der Waals surface area contributed by atoms with Gasteiger partial charge in [0.05, 0.1) is 0 Å². The summed E-state index contributed by atoms with van der Waals surface area (Å²) in [6, 6.07) is 9.95. The molecular formula is C9H15ClN4. The van der Waals surface area contributed by atoms with Gasteiger partial charge in [0.15, 0.2) is 0 Å². The molecule has 4 nitrogen and oxygen atoms in total. The molecule has 0 unspecified atom stereocenters. The van der Waals surface area contributed by atoms with Crippen molar-refractivity contribution in [3.8, 4) is 0 Å². The predicted molar refractivity (Wildman–Crippen MR) is 60.2 cm³/mol. The fraction of sp³-hybridized carbons (Fsp3) is 0.222. The summed E-state index contributed by atoms with van der Waals surface area (Å²) in [5.74, 6) is 0.0101. The Balaban J connectivity index is 0.00000169. The Morgan fingerprint density at radius 1 is 1.43 bits per heavy atom. The standard InChI is InChI=1S/C9H14N4.ClH/c1-13(9(10)11)12-7-8-5-3-2-4-6-8;/h2-6,12H,7H2,1H3,(H3,10,11);1H. The number of benzene rings is 1. The molecule has 0 heterocycles. The number of nitrogens with one attached hydrogen (secondary N) is 2. The molecule has 0 radical (unpaired) electrons. The first kappa shape index (κ1) is 12.7. The van der Waals surface area contributed by atoms with Gasteiger partial charge in [0.25, 0.3) is 0 Å². The number of hydrogen-bond acceptors (Lipinski definition) is 2. The highest BCUT2D eigenvalue weighted by Gasteiger charge is 1.97. The summed E-state index contributed by atoms with van der Waals surface area (Å²) in [5, 5.41) is 8.59. The Morgan fingerprint density at radius 3 is 2.50 bits per heavy atom. The van der Waals surface area contributed by atoms with E-state index in [1.165, 1.54) is 5.01 Å². The van der Waals surface area contributed by atoms with E-state index < -0.39 is 0 Å². The number of nitrogens with zero attached hydrogens (tertiary/aromatic N) is 1. The van der Waals surface area contributed by atoms with Gasteiger partial charge in [-0.2, -0.15) is 0 Å². The van der Waals surface area contributed by atoms with Crippen molar-refractivity contribution in [2.24, 2.45) is 5.73 Å². The first-order chi connectivity index (χ1) is 6.20. The van der Waals surface area contributed by atoms with E-state index in [4.69, 9.17) is 11.1 Å². The number of hydrogen-bond donors (Lipinski definition) is 3. The summed E-state index contributed by atoms with van der Waals surface area (Å²) < 4.78 is 0.